The predicted octanol–water partition coefficient (Wildman–Crippen LogP) is 2.80. The number of amides is 2. The molecule has 3 rings (SSSR count). The Morgan fingerprint density at radius 1 is 1.12 bits per heavy atom. The molecule has 6 heteroatoms. The summed E-state index contributed by atoms with van der Waals surface area (Å²) in [4.78, 5) is 26.8. The van der Waals surface area contributed by atoms with Gasteiger partial charge in [0.2, 0.25) is 5.91 Å². The SMILES string of the molecule is CS(=O)c1ccc(C(=O)Nc2ccccc2N2CCCC2=O)cc1. The fourth-order valence-corrected chi connectivity index (χ4v) is 3.23. The van der Waals surface area contributed by atoms with Crippen LogP contribution in [0.15, 0.2) is 53.4 Å². The summed E-state index contributed by atoms with van der Waals surface area (Å²) in [5.74, 6) is -0.186. The van der Waals surface area contributed by atoms with Gasteiger partial charge in [-0.15, -0.1) is 0 Å². The van der Waals surface area contributed by atoms with Crippen LogP contribution in [0.3, 0.4) is 0 Å². The highest BCUT2D eigenvalue weighted by molar-refractivity contribution is 7.84. The van der Waals surface area contributed by atoms with Crippen molar-refractivity contribution in [2.24, 2.45) is 0 Å². The number of rotatable bonds is 4. The molecule has 2 aromatic carbocycles. The molecule has 1 aliphatic heterocycles. The molecule has 2 amide bonds. The van der Waals surface area contributed by atoms with E-state index in [1.54, 1.807) is 41.5 Å². The quantitative estimate of drug-likeness (QED) is 0.929. The van der Waals surface area contributed by atoms with Gasteiger partial charge in [-0.1, -0.05) is 12.1 Å². The van der Waals surface area contributed by atoms with E-state index in [4.69, 9.17) is 0 Å². The molecule has 0 aliphatic carbocycles. The lowest BCUT2D eigenvalue weighted by molar-refractivity contribution is -0.117. The maximum Gasteiger partial charge on any atom is 0.255 e. The molecular weight excluding hydrogens is 324 g/mol. The molecule has 0 aromatic heterocycles. The lowest BCUT2D eigenvalue weighted by Crippen LogP contribution is -2.25. The van der Waals surface area contributed by atoms with Crippen molar-refractivity contribution in [2.75, 3.05) is 23.0 Å². The van der Waals surface area contributed by atoms with E-state index in [2.05, 4.69) is 5.32 Å². The highest BCUT2D eigenvalue weighted by atomic mass is 32.2. The number of para-hydroxylation sites is 2. The fraction of sp³-hybridized carbons (Fsp3) is 0.222. The molecule has 1 heterocycles. The highest BCUT2D eigenvalue weighted by Crippen LogP contribution is 2.29. The van der Waals surface area contributed by atoms with E-state index in [0.717, 1.165) is 12.1 Å². The van der Waals surface area contributed by atoms with E-state index in [-0.39, 0.29) is 11.8 Å². The molecule has 1 aliphatic rings. The Morgan fingerprint density at radius 2 is 1.83 bits per heavy atom. The lowest BCUT2D eigenvalue weighted by Gasteiger charge is -2.20. The van der Waals surface area contributed by atoms with Crippen LogP contribution in [0.5, 0.6) is 0 Å². The van der Waals surface area contributed by atoms with Crippen LogP contribution in [0.2, 0.25) is 0 Å². The van der Waals surface area contributed by atoms with Crippen molar-refractivity contribution in [3.8, 4) is 0 Å². The number of nitrogens with one attached hydrogen (secondary N) is 1. The lowest BCUT2D eigenvalue weighted by atomic mass is 10.2. The van der Waals surface area contributed by atoms with Crippen LogP contribution in [0.25, 0.3) is 0 Å². The summed E-state index contributed by atoms with van der Waals surface area (Å²) in [6.07, 6.45) is 2.97. The van der Waals surface area contributed by atoms with Gasteiger partial charge in [-0.25, -0.2) is 0 Å². The van der Waals surface area contributed by atoms with E-state index in [1.165, 1.54) is 0 Å². The van der Waals surface area contributed by atoms with Gasteiger partial charge in [0, 0.05) is 40.5 Å². The smallest absolute Gasteiger partial charge is 0.255 e. The second kappa shape index (κ2) is 6.97. The topological polar surface area (TPSA) is 66.5 Å². The third kappa shape index (κ3) is 3.38. The zero-order valence-corrected chi connectivity index (χ0v) is 14.1. The largest absolute Gasteiger partial charge is 0.320 e. The van der Waals surface area contributed by atoms with Crippen LogP contribution in [-0.2, 0) is 15.6 Å². The Labute approximate surface area is 143 Å². The molecule has 1 atom stereocenters. The van der Waals surface area contributed by atoms with Crippen LogP contribution < -0.4 is 10.2 Å². The number of nitrogens with zero attached hydrogens (tertiary/aromatic N) is 1. The molecule has 2 aromatic rings. The Morgan fingerprint density at radius 3 is 2.46 bits per heavy atom. The predicted molar refractivity (Wildman–Crippen MR) is 94.8 cm³/mol. The normalized spacial score (nSPS) is 15.4. The van der Waals surface area contributed by atoms with Crippen molar-refractivity contribution in [1.82, 2.24) is 0 Å². The zero-order chi connectivity index (χ0) is 17.1. The average Bonchev–Trinajstić information content (AvgIpc) is 3.01. The summed E-state index contributed by atoms with van der Waals surface area (Å²) >= 11 is 0. The van der Waals surface area contributed by atoms with Crippen LogP contribution in [0, 0.1) is 0 Å². The molecule has 24 heavy (non-hydrogen) atoms. The second-order valence-electron chi connectivity index (χ2n) is 5.60. The molecule has 1 N–H and O–H groups in total. The van der Waals surface area contributed by atoms with Crippen LogP contribution in [0.1, 0.15) is 23.2 Å². The van der Waals surface area contributed by atoms with Crippen molar-refractivity contribution in [3.05, 3.63) is 54.1 Å². The fourth-order valence-electron chi connectivity index (χ4n) is 2.71. The second-order valence-corrected chi connectivity index (χ2v) is 6.98. The number of carbonyl (C=O) groups excluding carboxylic acids is 2. The molecule has 1 fully saturated rings. The van der Waals surface area contributed by atoms with Gasteiger partial charge in [-0.3, -0.25) is 13.8 Å². The van der Waals surface area contributed by atoms with Crippen molar-refractivity contribution < 1.29 is 13.8 Å². The molecular formula is C18H18N2O3S. The first-order chi connectivity index (χ1) is 11.6. The first kappa shape index (κ1) is 16.4. The average molecular weight is 342 g/mol. The van der Waals surface area contributed by atoms with Gasteiger partial charge in [-0.2, -0.15) is 0 Å². The van der Waals surface area contributed by atoms with Gasteiger partial charge in [0.05, 0.1) is 11.4 Å². The van der Waals surface area contributed by atoms with Gasteiger partial charge >= 0.3 is 0 Å². The van der Waals surface area contributed by atoms with Crippen molar-refractivity contribution in [3.63, 3.8) is 0 Å². The van der Waals surface area contributed by atoms with Gasteiger partial charge in [0.15, 0.2) is 0 Å². The zero-order valence-electron chi connectivity index (χ0n) is 13.3. The maximum atomic E-state index is 12.5. The third-order valence-electron chi connectivity index (χ3n) is 3.96. The van der Waals surface area contributed by atoms with E-state index < -0.39 is 10.8 Å². The third-order valence-corrected chi connectivity index (χ3v) is 4.90. The first-order valence-corrected chi connectivity index (χ1v) is 9.26. The van der Waals surface area contributed by atoms with Crippen LogP contribution >= 0.6 is 0 Å². The summed E-state index contributed by atoms with van der Waals surface area (Å²) in [6.45, 7) is 0.669. The molecule has 0 saturated carbocycles. The minimum atomic E-state index is -1.07. The van der Waals surface area contributed by atoms with Gasteiger partial charge < -0.3 is 10.2 Å². The maximum absolute atomic E-state index is 12.5. The number of benzene rings is 2. The summed E-state index contributed by atoms with van der Waals surface area (Å²) in [5, 5.41) is 2.86. The standard InChI is InChI=1S/C18H18N2O3S/c1-24(23)14-10-8-13(9-11-14)18(22)19-15-5-2-3-6-16(15)20-12-4-7-17(20)21/h2-3,5-6,8-11H,4,7,12H2,1H3,(H,19,22). The molecule has 124 valence electrons. The molecule has 5 nitrogen and oxygen atoms in total. The van der Waals surface area contributed by atoms with E-state index in [1.807, 2.05) is 18.2 Å². The first-order valence-electron chi connectivity index (χ1n) is 7.70. The highest BCUT2D eigenvalue weighted by Gasteiger charge is 2.24. The minimum Gasteiger partial charge on any atom is -0.320 e. The Kier molecular flexibility index (Phi) is 4.76. The minimum absolute atomic E-state index is 0.0754. The summed E-state index contributed by atoms with van der Waals surface area (Å²) in [7, 11) is -1.07. The van der Waals surface area contributed by atoms with Gasteiger partial charge in [-0.05, 0) is 42.8 Å². The van der Waals surface area contributed by atoms with E-state index in [0.29, 0.717) is 29.1 Å². The van der Waals surface area contributed by atoms with E-state index >= 15 is 0 Å². The van der Waals surface area contributed by atoms with Crippen molar-refractivity contribution >= 4 is 34.0 Å². The van der Waals surface area contributed by atoms with E-state index in [9.17, 15) is 13.8 Å². The summed E-state index contributed by atoms with van der Waals surface area (Å²) < 4.78 is 11.4. The molecule has 0 radical (unpaired) electrons. The molecule has 0 spiro atoms. The number of carbonyl (C=O) groups is 2. The summed E-state index contributed by atoms with van der Waals surface area (Å²) in [5.41, 5.74) is 1.81. The number of anilines is 2. The van der Waals surface area contributed by atoms with Gasteiger partial charge in [0.25, 0.3) is 5.91 Å². The molecule has 0 bridgehead atoms. The Balaban J connectivity index is 1.82. The summed E-state index contributed by atoms with van der Waals surface area (Å²) in [6, 6.07) is 14.0. The monoisotopic (exact) mass is 342 g/mol. The van der Waals surface area contributed by atoms with Crippen molar-refractivity contribution in [1.29, 1.82) is 0 Å². The number of hydrogen-bond donors (Lipinski definition) is 1. The van der Waals surface area contributed by atoms with Crippen LogP contribution in [-0.4, -0.2) is 28.8 Å². The van der Waals surface area contributed by atoms with Crippen LogP contribution in [0.4, 0.5) is 11.4 Å². The Hall–Kier alpha value is -2.47. The Bertz CT molecular complexity index is 802. The van der Waals surface area contributed by atoms with Gasteiger partial charge in [0.1, 0.15) is 0 Å². The molecule has 1 unspecified atom stereocenters. The van der Waals surface area contributed by atoms with Crippen molar-refractivity contribution in [2.45, 2.75) is 17.7 Å². The molecule has 1 saturated heterocycles. The number of hydrogen-bond acceptors (Lipinski definition) is 3.